The van der Waals surface area contributed by atoms with Crippen LogP contribution in [0.4, 0.5) is 5.69 Å². The maximum Gasteiger partial charge on any atom is 0.251 e. The molecular weight excluding hydrogens is 340 g/mol. The van der Waals surface area contributed by atoms with Gasteiger partial charge in [-0.15, -0.1) is 0 Å². The smallest absolute Gasteiger partial charge is 0.251 e. The standard InChI is InChI=1S/C18H22N2O4S/c1-13-7-9-15(10-8-13)24-12-11-19-18(21)16-5-4-6-17(14(16)2)20-25(3,22)23/h4-10,20H,11-12H2,1-3H3,(H,19,21). The van der Waals surface area contributed by atoms with Crippen LogP contribution in [0.2, 0.25) is 0 Å². The molecule has 0 aromatic heterocycles. The van der Waals surface area contributed by atoms with Gasteiger partial charge in [0.15, 0.2) is 0 Å². The van der Waals surface area contributed by atoms with Gasteiger partial charge in [0.2, 0.25) is 10.0 Å². The third-order valence-electron chi connectivity index (χ3n) is 3.55. The number of aryl methyl sites for hydroxylation is 1. The monoisotopic (exact) mass is 362 g/mol. The van der Waals surface area contributed by atoms with Gasteiger partial charge in [-0.25, -0.2) is 8.42 Å². The molecule has 1 amide bonds. The van der Waals surface area contributed by atoms with E-state index < -0.39 is 10.0 Å². The Morgan fingerprint density at radius 3 is 2.40 bits per heavy atom. The molecule has 0 aliphatic heterocycles. The fourth-order valence-electron chi connectivity index (χ4n) is 2.26. The number of sulfonamides is 1. The summed E-state index contributed by atoms with van der Waals surface area (Å²) in [7, 11) is -3.40. The number of carbonyl (C=O) groups excluding carboxylic acids is 1. The molecule has 2 aromatic carbocycles. The summed E-state index contributed by atoms with van der Waals surface area (Å²) >= 11 is 0. The molecule has 0 saturated heterocycles. The number of anilines is 1. The Bertz CT molecular complexity index is 846. The van der Waals surface area contributed by atoms with Crippen LogP contribution in [0.5, 0.6) is 5.75 Å². The Morgan fingerprint density at radius 2 is 1.76 bits per heavy atom. The average Bonchev–Trinajstić information content (AvgIpc) is 2.54. The fourth-order valence-corrected chi connectivity index (χ4v) is 2.88. The van der Waals surface area contributed by atoms with E-state index in [0.717, 1.165) is 17.6 Å². The van der Waals surface area contributed by atoms with E-state index in [2.05, 4.69) is 10.0 Å². The minimum atomic E-state index is -3.40. The summed E-state index contributed by atoms with van der Waals surface area (Å²) in [4.78, 5) is 12.3. The number of ether oxygens (including phenoxy) is 1. The zero-order valence-electron chi connectivity index (χ0n) is 14.5. The van der Waals surface area contributed by atoms with E-state index >= 15 is 0 Å². The highest BCUT2D eigenvalue weighted by Crippen LogP contribution is 2.19. The van der Waals surface area contributed by atoms with Crippen LogP contribution in [0.1, 0.15) is 21.5 Å². The summed E-state index contributed by atoms with van der Waals surface area (Å²) in [6.07, 6.45) is 1.07. The first-order chi connectivity index (χ1) is 11.8. The van der Waals surface area contributed by atoms with Crippen LogP contribution in [0.25, 0.3) is 0 Å². The van der Waals surface area contributed by atoms with Gasteiger partial charge in [0.05, 0.1) is 18.5 Å². The minimum absolute atomic E-state index is 0.276. The first-order valence-electron chi connectivity index (χ1n) is 7.81. The van der Waals surface area contributed by atoms with E-state index in [1.807, 2.05) is 31.2 Å². The molecule has 6 nitrogen and oxygen atoms in total. The number of carbonyl (C=O) groups is 1. The molecule has 0 spiro atoms. The third-order valence-corrected chi connectivity index (χ3v) is 4.14. The van der Waals surface area contributed by atoms with Gasteiger partial charge < -0.3 is 10.1 Å². The van der Waals surface area contributed by atoms with Crippen LogP contribution in [0, 0.1) is 13.8 Å². The number of hydrogen-bond acceptors (Lipinski definition) is 4. The molecular formula is C18H22N2O4S. The van der Waals surface area contributed by atoms with E-state index in [4.69, 9.17) is 4.74 Å². The highest BCUT2D eigenvalue weighted by atomic mass is 32.2. The normalized spacial score (nSPS) is 11.0. The third kappa shape index (κ3) is 5.79. The van der Waals surface area contributed by atoms with Gasteiger partial charge in [0.25, 0.3) is 5.91 Å². The van der Waals surface area contributed by atoms with Crippen LogP contribution >= 0.6 is 0 Å². The van der Waals surface area contributed by atoms with Crippen molar-refractivity contribution in [2.75, 3.05) is 24.1 Å². The fraction of sp³-hybridized carbons (Fsp3) is 0.278. The van der Waals surface area contributed by atoms with Crippen molar-refractivity contribution in [1.82, 2.24) is 5.32 Å². The van der Waals surface area contributed by atoms with Crippen LogP contribution in [0.3, 0.4) is 0 Å². The van der Waals surface area contributed by atoms with Gasteiger partial charge in [-0.05, 0) is 43.7 Å². The summed E-state index contributed by atoms with van der Waals surface area (Å²) in [6, 6.07) is 12.6. The number of amides is 1. The summed E-state index contributed by atoms with van der Waals surface area (Å²) in [5.41, 5.74) is 2.54. The second kappa shape index (κ2) is 8.02. The molecule has 134 valence electrons. The number of hydrogen-bond donors (Lipinski definition) is 2. The molecule has 2 aromatic rings. The van der Waals surface area contributed by atoms with Crippen LogP contribution < -0.4 is 14.8 Å². The van der Waals surface area contributed by atoms with E-state index in [1.165, 1.54) is 0 Å². The molecule has 0 atom stereocenters. The molecule has 0 fully saturated rings. The zero-order chi connectivity index (χ0) is 18.4. The van der Waals surface area contributed by atoms with Gasteiger partial charge in [0.1, 0.15) is 12.4 Å². The Morgan fingerprint density at radius 1 is 1.08 bits per heavy atom. The van der Waals surface area contributed by atoms with Crippen molar-refractivity contribution in [3.8, 4) is 5.75 Å². The van der Waals surface area contributed by atoms with Gasteiger partial charge in [-0.1, -0.05) is 23.8 Å². The highest BCUT2D eigenvalue weighted by Gasteiger charge is 2.13. The molecule has 0 heterocycles. The molecule has 0 unspecified atom stereocenters. The van der Waals surface area contributed by atoms with E-state index in [9.17, 15) is 13.2 Å². The van der Waals surface area contributed by atoms with Crippen LogP contribution in [0.15, 0.2) is 42.5 Å². The largest absolute Gasteiger partial charge is 0.492 e. The lowest BCUT2D eigenvalue weighted by Gasteiger charge is -2.13. The second-order valence-corrected chi connectivity index (χ2v) is 7.52. The average molecular weight is 362 g/mol. The van der Waals surface area contributed by atoms with E-state index in [1.54, 1.807) is 25.1 Å². The molecule has 0 radical (unpaired) electrons. The Labute approximate surface area is 148 Å². The zero-order valence-corrected chi connectivity index (χ0v) is 15.3. The van der Waals surface area contributed by atoms with Crippen molar-refractivity contribution in [1.29, 1.82) is 0 Å². The summed E-state index contributed by atoms with van der Waals surface area (Å²) in [5.74, 6) is 0.470. The van der Waals surface area contributed by atoms with Gasteiger partial charge >= 0.3 is 0 Å². The maximum absolute atomic E-state index is 12.3. The van der Waals surface area contributed by atoms with Crippen molar-refractivity contribution >= 4 is 21.6 Å². The molecule has 0 aliphatic rings. The van der Waals surface area contributed by atoms with Gasteiger partial charge in [0, 0.05) is 5.56 Å². The lowest BCUT2D eigenvalue weighted by atomic mass is 10.1. The maximum atomic E-state index is 12.3. The van der Waals surface area contributed by atoms with Gasteiger partial charge in [-0.3, -0.25) is 9.52 Å². The van der Waals surface area contributed by atoms with Crippen molar-refractivity contribution in [2.45, 2.75) is 13.8 Å². The lowest BCUT2D eigenvalue weighted by molar-refractivity contribution is 0.0946. The first kappa shape index (κ1) is 18.8. The Balaban J connectivity index is 1.92. The summed E-state index contributed by atoms with van der Waals surface area (Å²) in [6.45, 7) is 4.38. The molecule has 7 heteroatoms. The molecule has 2 rings (SSSR count). The Kier molecular flexibility index (Phi) is 6.03. The number of nitrogens with one attached hydrogen (secondary N) is 2. The van der Waals surface area contributed by atoms with Crippen molar-refractivity contribution < 1.29 is 17.9 Å². The van der Waals surface area contributed by atoms with Gasteiger partial charge in [-0.2, -0.15) is 0 Å². The Hall–Kier alpha value is -2.54. The molecule has 0 aliphatic carbocycles. The van der Waals surface area contributed by atoms with E-state index in [0.29, 0.717) is 30.0 Å². The number of benzene rings is 2. The first-order valence-corrected chi connectivity index (χ1v) is 9.70. The predicted molar refractivity (Wildman–Crippen MR) is 98.7 cm³/mol. The lowest BCUT2D eigenvalue weighted by Crippen LogP contribution is -2.29. The summed E-state index contributed by atoms with van der Waals surface area (Å²) in [5, 5.41) is 2.77. The van der Waals surface area contributed by atoms with Crippen LogP contribution in [-0.4, -0.2) is 33.7 Å². The quantitative estimate of drug-likeness (QED) is 0.741. The molecule has 0 saturated carbocycles. The predicted octanol–water partition coefficient (Wildman–Crippen LogP) is 2.48. The van der Waals surface area contributed by atoms with Crippen molar-refractivity contribution in [2.24, 2.45) is 0 Å². The topological polar surface area (TPSA) is 84.5 Å². The van der Waals surface area contributed by atoms with E-state index in [-0.39, 0.29) is 5.91 Å². The summed E-state index contributed by atoms with van der Waals surface area (Å²) < 4.78 is 30.7. The SMILES string of the molecule is Cc1ccc(OCCNC(=O)c2cccc(NS(C)(=O)=O)c2C)cc1. The molecule has 0 bridgehead atoms. The van der Waals surface area contributed by atoms with Crippen molar-refractivity contribution in [3.05, 3.63) is 59.2 Å². The second-order valence-electron chi connectivity index (χ2n) is 5.77. The molecule has 25 heavy (non-hydrogen) atoms. The highest BCUT2D eigenvalue weighted by molar-refractivity contribution is 7.92. The molecule has 2 N–H and O–H groups in total. The number of rotatable bonds is 7. The van der Waals surface area contributed by atoms with Crippen molar-refractivity contribution in [3.63, 3.8) is 0 Å². The van der Waals surface area contributed by atoms with Crippen LogP contribution in [-0.2, 0) is 10.0 Å². The minimum Gasteiger partial charge on any atom is -0.492 e.